The molecular formula is C29H36N2O6. The van der Waals surface area contributed by atoms with Crippen molar-refractivity contribution in [2.45, 2.75) is 32.7 Å². The highest BCUT2D eigenvalue weighted by Crippen LogP contribution is 2.41. The van der Waals surface area contributed by atoms with Gasteiger partial charge in [0.25, 0.3) is 5.91 Å². The van der Waals surface area contributed by atoms with E-state index in [-0.39, 0.29) is 5.57 Å². The van der Waals surface area contributed by atoms with Gasteiger partial charge in [-0.25, -0.2) is 0 Å². The fourth-order valence-electron chi connectivity index (χ4n) is 4.90. The minimum atomic E-state index is -0.789. The Hall–Kier alpha value is -3.36. The first-order valence-electron chi connectivity index (χ1n) is 13.0. The van der Waals surface area contributed by atoms with Crippen molar-refractivity contribution in [3.05, 3.63) is 64.7 Å². The number of rotatable bonds is 10. The highest BCUT2D eigenvalue weighted by atomic mass is 16.5. The molecule has 1 atom stereocenters. The molecule has 0 spiro atoms. The average molecular weight is 509 g/mol. The molecule has 8 heteroatoms. The lowest BCUT2D eigenvalue weighted by atomic mass is 9.94. The van der Waals surface area contributed by atoms with Crippen LogP contribution in [0.1, 0.15) is 42.5 Å². The molecule has 0 bridgehead atoms. The SMILES string of the molecule is CCCOc1ccc(C2C(=C([O-])c3ccc(C)cc3)C(=O)C(=O)N2CCC[NH+]2CCOCC2)cc1OC. The summed E-state index contributed by atoms with van der Waals surface area (Å²) in [5, 5.41) is 13.6. The molecule has 4 rings (SSSR count). The number of benzene rings is 2. The van der Waals surface area contributed by atoms with Crippen LogP contribution in [0.15, 0.2) is 48.0 Å². The molecule has 198 valence electrons. The largest absolute Gasteiger partial charge is 0.872 e. The molecule has 2 aromatic carbocycles. The minimum absolute atomic E-state index is 0.0168. The zero-order chi connectivity index (χ0) is 26.4. The fourth-order valence-corrected chi connectivity index (χ4v) is 4.90. The summed E-state index contributed by atoms with van der Waals surface area (Å²) in [6.45, 7) is 9.04. The van der Waals surface area contributed by atoms with Crippen LogP contribution in [0.25, 0.3) is 5.76 Å². The van der Waals surface area contributed by atoms with E-state index in [2.05, 4.69) is 0 Å². The van der Waals surface area contributed by atoms with Crippen LogP contribution in [0.2, 0.25) is 0 Å². The smallest absolute Gasteiger partial charge is 0.295 e. The van der Waals surface area contributed by atoms with Crippen molar-refractivity contribution in [2.75, 3.05) is 53.1 Å². The maximum Gasteiger partial charge on any atom is 0.295 e. The van der Waals surface area contributed by atoms with Crippen molar-refractivity contribution in [3.8, 4) is 11.5 Å². The molecule has 0 aromatic heterocycles. The second kappa shape index (κ2) is 12.3. The number of likely N-dealkylation sites (tertiary alicyclic amines) is 1. The van der Waals surface area contributed by atoms with Crippen molar-refractivity contribution in [1.82, 2.24) is 4.90 Å². The summed E-state index contributed by atoms with van der Waals surface area (Å²) >= 11 is 0. The lowest BCUT2D eigenvalue weighted by Gasteiger charge is -2.29. The molecular weight excluding hydrogens is 472 g/mol. The van der Waals surface area contributed by atoms with Crippen LogP contribution in [0.4, 0.5) is 0 Å². The van der Waals surface area contributed by atoms with Gasteiger partial charge in [0, 0.05) is 18.5 Å². The number of nitrogens with one attached hydrogen (secondary N) is 1. The average Bonchev–Trinajstić information content (AvgIpc) is 3.17. The Kier molecular flexibility index (Phi) is 8.84. The van der Waals surface area contributed by atoms with Crippen molar-refractivity contribution in [3.63, 3.8) is 0 Å². The predicted molar refractivity (Wildman–Crippen MR) is 137 cm³/mol. The van der Waals surface area contributed by atoms with Gasteiger partial charge < -0.3 is 29.1 Å². The van der Waals surface area contributed by atoms with E-state index in [0.29, 0.717) is 42.2 Å². The summed E-state index contributed by atoms with van der Waals surface area (Å²) in [4.78, 5) is 29.5. The number of ketones is 1. The molecule has 2 aliphatic heterocycles. The molecule has 2 aliphatic rings. The molecule has 1 unspecified atom stereocenters. The lowest BCUT2D eigenvalue weighted by molar-refractivity contribution is -0.908. The maximum absolute atomic E-state index is 13.6. The van der Waals surface area contributed by atoms with Gasteiger partial charge in [-0.05, 0) is 36.6 Å². The fraction of sp³-hybridized carbons (Fsp3) is 0.448. The molecule has 2 aromatic rings. The number of amides is 1. The van der Waals surface area contributed by atoms with Crippen LogP contribution in [0.5, 0.6) is 11.5 Å². The van der Waals surface area contributed by atoms with E-state index in [1.54, 1.807) is 36.3 Å². The molecule has 0 saturated carbocycles. The minimum Gasteiger partial charge on any atom is -0.872 e. The molecule has 2 heterocycles. The number of carbonyl (C=O) groups excluding carboxylic acids is 2. The van der Waals surface area contributed by atoms with Crippen molar-refractivity contribution in [1.29, 1.82) is 0 Å². The van der Waals surface area contributed by atoms with Gasteiger partial charge in [0.05, 0.1) is 39.5 Å². The third-order valence-electron chi connectivity index (χ3n) is 6.94. The summed E-state index contributed by atoms with van der Waals surface area (Å²) in [5.41, 5.74) is 2.03. The van der Waals surface area contributed by atoms with Gasteiger partial charge in [0.1, 0.15) is 13.1 Å². The van der Waals surface area contributed by atoms with Crippen LogP contribution in [-0.2, 0) is 14.3 Å². The van der Waals surface area contributed by atoms with Crippen molar-refractivity contribution < 1.29 is 33.8 Å². The van der Waals surface area contributed by atoms with Crippen LogP contribution in [-0.4, -0.2) is 69.7 Å². The monoisotopic (exact) mass is 508 g/mol. The first-order valence-corrected chi connectivity index (χ1v) is 13.0. The summed E-state index contributed by atoms with van der Waals surface area (Å²) in [5.74, 6) is -0.715. The van der Waals surface area contributed by atoms with Crippen LogP contribution in [0.3, 0.4) is 0 Å². The molecule has 8 nitrogen and oxygen atoms in total. The molecule has 2 saturated heterocycles. The molecule has 37 heavy (non-hydrogen) atoms. The Morgan fingerprint density at radius 2 is 1.84 bits per heavy atom. The van der Waals surface area contributed by atoms with Crippen LogP contribution < -0.4 is 19.5 Å². The lowest BCUT2D eigenvalue weighted by Crippen LogP contribution is -3.14. The van der Waals surface area contributed by atoms with E-state index in [9.17, 15) is 14.7 Å². The summed E-state index contributed by atoms with van der Waals surface area (Å²) in [6, 6.07) is 11.6. The maximum atomic E-state index is 13.6. The van der Waals surface area contributed by atoms with E-state index < -0.39 is 23.5 Å². The van der Waals surface area contributed by atoms with Gasteiger partial charge in [-0.2, -0.15) is 0 Å². The first kappa shape index (κ1) is 26.7. The Morgan fingerprint density at radius 3 is 2.51 bits per heavy atom. The van der Waals surface area contributed by atoms with E-state index in [1.165, 1.54) is 4.90 Å². The first-order chi connectivity index (χ1) is 17.9. The molecule has 1 N–H and O–H groups in total. The van der Waals surface area contributed by atoms with Gasteiger partial charge in [-0.15, -0.1) is 0 Å². The second-order valence-corrected chi connectivity index (χ2v) is 9.56. The predicted octanol–water partition coefficient (Wildman–Crippen LogP) is 1.32. The molecule has 1 amide bonds. The number of Topliss-reactive ketones (excluding diaryl/α,β-unsaturated/α-hetero) is 1. The summed E-state index contributed by atoms with van der Waals surface area (Å²) < 4.78 is 16.8. The van der Waals surface area contributed by atoms with Gasteiger partial charge in [-0.3, -0.25) is 9.59 Å². The van der Waals surface area contributed by atoms with E-state index in [0.717, 1.165) is 44.8 Å². The Balaban J connectivity index is 1.70. The van der Waals surface area contributed by atoms with Crippen molar-refractivity contribution in [2.24, 2.45) is 0 Å². The number of ether oxygens (including phenoxy) is 3. The Morgan fingerprint density at radius 1 is 1.11 bits per heavy atom. The third-order valence-corrected chi connectivity index (χ3v) is 6.94. The van der Waals surface area contributed by atoms with Gasteiger partial charge in [0.15, 0.2) is 11.5 Å². The number of methoxy groups -OCH3 is 1. The summed E-state index contributed by atoms with van der Waals surface area (Å²) in [7, 11) is 1.55. The Bertz CT molecular complexity index is 1140. The zero-order valence-electron chi connectivity index (χ0n) is 21.9. The quantitative estimate of drug-likeness (QED) is 0.296. The van der Waals surface area contributed by atoms with Crippen LogP contribution in [0, 0.1) is 6.92 Å². The highest BCUT2D eigenvalue weighted by molar-refractivity contribution is 6.46. The number of hydrogen-bond donors (Lipinski definition) is 1. The number of aryl methyl sites for hydroxylation is 1. The number of quaternary nitrogens is 1. The van der Waals surface area contributed by atoms with Gasteiger partial charge >= 0.3 is 0 Å². The topological polar surface area (TPSA) is 92.6 Å². The highest BCUT2D eigenvalue weighted by Gasteiger charge is 2.44. The number of nitrogens with zero attached hydrogens (tertiary/aromatic N) is 1. The number of hydrogen-bond acceptors (Lipinski definition) is 6. The number of morpholine rings is 1. The van der Waals surface area contributed by atoms with Crippen LogP contribution >= 0.6 is 0 Å². The van der Waals surface area contributed by atoms with Crippen molar-refractivity contribution >= 4 is 17.4 Å². The molecule has 2 fully saturated rings. The molecule has 0 radical (unpaired) electrons. The number of carbonyl (C=O) groups is 2. The van der Waals surface area contributed by atoms with E-state index in [4.69, 9.17) is 14.2 Å². The van der Waals surface area contributed by atoms with Gasteiger partial charge in [-0.1, -0.05) is 48.6 Å². The third kappa shape index (κ3) is 5.97. The zero-order valence-corrected chi connectivity index (χ0v) is 21.9. The van der Waals surface area contributed by atoms with E-state index in [1.807, 2.05) is 32.0 Å². The molecule has 0 aliphatic carbocycles. The van der Waals surface area contributed by atoms with Gasteiger partial charge in [0.2, 0.25) is 5.78 Å². The van der Waals surface area contributed by atoms with E-state index >= 15 is 0 Å². The normalized spacial score (nSPS) is 19.9. The second-order valence-electron chi connectivity index (χ2n) is 9.56. The Labute approximate surface area is 218 Å². The standard InChI is InChI=1S/C29H36N2O6/c1-4-16-37-23-11-10-22(19-24(23)35-3)26-25(27(32)21-8-6-20(2)7-9-21)28(33)29(34)31(26)13-5-12-30-14-17-36-18-15-30/h6-11,19,26,32H,4-5,12-18H2,1-3H3. The summed E-state index contributed by atoms with van der Waals surface area (Å²) in [6.07, 6.45) is 1.56.